The van der Waals surface area contributed by atoms with Crippen molar-refractivity contribution in [1.82, 2.24) is 0 Å². The van der Waals surface area contributed by atoms with Gasteiger partial charge in [-0.25, -0.2) is 9.59 Å². The van der Waals surface area contributed by atoms with Gasteiger partial charge in [-0.15, -0.1) is 0 Å². The van der Waals surface area contributed by atoms with Crippen molar-refractivity contribution in [3.8, 4) is 0 Å². The second-order valence-electron chi connectivity index (χ2n) is 13.9. The highest BCUT2D eigenvalue weighted by Gasteiger charge is 2.50. The zero-order valence-corrected chi connectivity index (χ0v) is 31.3. The Bertz CT molecular complexity index is 2170. The van der Waals surface area contributed by atoms with E-state index in [4.69, 9.17) is 9.47 Å². The van der Waals surface area contributed by atoms with Crippen LogP contribution in [0.5, 0.6) is 0 Å². The molecule has 0 radical (unpaired) electrons. The summed E-state index contributed by atoms with van der Waals surface area (Å²) < 4.78 is 9.70. The first kappa shape index (κ1) is 37.5. The molecule has 1 saturated carbocycles. The Balaban J connectivity index is 1.07. The minimum atomic E-state index is -0.813. The number of hydrogen-bond donors (Lipinski definition) is 0. The smallest absolute Gasteiger partial charge is 0.337 e. The topological polar surface area (TPSA) is 93.2 Å². The molecule has 0 saturated heterocycles. The molecule has 1 fully saturated rings. The van der Waals surface area contributed by atoms with Gasteiger partial charge in [0.2, 0.25) is 0 Å². The number of rotatable bonds is 14. The third-order valence-corrected chi connectivity index (χ3v) is 10.3. The molecular weight excluding hydrogens is 701 g/mol. The average molecular weight is 743 g/mol. The summed E-state index contributed by atoms with van der Waals surface area (Å²) in [4.78, 5) is 55.8. The normalized spacial score (nSPS) is 14.8. The zero-order chi connectivity index (χ0) is 39.0. The lowest BCUT2D eigenvalue weighted by molar-refractivity contribution is -0.142. The molecule has 0 aromatic heterocycles. The highest BCUT2D eigenvalue weighted by Crippen LogP contribution is 2.42. The molecule has 56 heavy (non-hydrogen) atoms. The second kappa shape index (κ2) is 17.1. The maximum absolute atomic E-state index is 13.7. The number of anilines is 2. The molecule has 0 aliphatic heterocycles. The van der Waals surface area contributed by atoms with Crippen molar-refractivity contribution in [2.24, 2.45) is 0 Å². The SMILES string of the molecule is COC(=O)c1ccc(CN(Cc2ccc(C(=O)OC)cc2)c2ccc(C3C(=O)C(c4ccc(N(Cc5ccccc5)Cc5ccccc5)cc4)C3=O)cc2)cc1. The Morgan fingerprint density at radius 2 is 0.732 bits per heavy atom. The van der Waals surface area contributed by atoms with E-state index < -0.39 is 23.8 Å². The Morgan fingerprint density at radius 3 is 1.04 bits per heavy atom. The number of carbonyl (C=O) groups excluding carboxylic acids is 4. The molecule has 0 spiro atoms. The van der Waals surface area contributed by atoms with Crippen LogP contribution in [0.1, 0.15) is 65.9 Å². The van der Waals surface area contributed by atoms with Crippen LogP contribution >= 0.6 is 0 Å². The Hall–Kier alpha value is -6.80. The lowest BCUT2D eigenvalue weighted by Crippen LogP contribution is -2.44. The van der Waals surface area contributed by atoms with Gasteiger partial charge in [-0.1, -0.05) is 109 Å². The zero-order valence-electron chi connectivity index (χ0n) is 31.3. The summed E-state index contributed by atoms with van der Waals surface area (Å²) in [6, 6.07) is 50.5. The number of ketones is 2. The van der Waals surface area contributed by atoms with Crippen LogP contribution in [-0.2, 0) is 45.2 Å². The highest BCUT2D eigenvalue weighted by molar-refractivity contribution is 6.31. The maximum Gasteiger partial charge on any atom is 0.337 e. The van der Waals surface area contributed by atoms with Crippen LogP contribution in [0.4, 0.5) is 11.4 Å². The van der Waals surface area contributed by atoms with E-state index in [9.17, 15) is 19.2 Å². The van der Waals surface area contributed by atoms with Gasteiger partial charge in [-0.3, -0.25) is 9.59 Å². The molecule has 0 heterocycles. The van der Waals surface area contributed by atoms with Crippen molar-refractivity contribution < 1.29 is 28.7 Å². The molecule has 8 nitrogen and oxygen atoms in total. The third kappa shape index (κ3) is 8.45. The summed E-state index contributed by atoms with van der Waals surface area (Å²) in [5.74, 6) is -2.62. The minimum absolute atomic E-state index is 0.103. The van der Waals surface area contributed by atoms with Crippen LogP contribution in [0.15, 0.2) is 158 Å². The van der Waals surface area contributed by atoms with Gasteiger partial charge in [0.05, 0.1) is 25.3 Å². The van der Waals surface area contributed by atoms with Crippen molar-refractivity contribution in [3.63, 3.8) is 0 Å². The van der Waals surface area contributed by atoms with Gasteiger partial charge in [0.15, 0.2) is 11.6 Å². The molecule has 0 bridgehead atoms. The molecule has 7 rings (SSSR count). The first-order chi connectivity index (χ1) is 27.3. The van der Waals surface area contributed by atoms with Crippen LogP contribution in [0.2, 0.25) is 0 Å². The number of methoxy groups -OCH3 is 2. The van der Waals surface area contributed by atoms with Crippen LogP contribution in [-0.4, -0.2) is 37.7 Å². The summed E-state index contributed by atoms with van der Waals surface area (Å²) >= 11 is 0. The van der Waals surface area contributed by atoms with Crippen molar-refractivity contribution in [2.45, 2.75) is 38.0 Å². The molecule has 0 atom stereocenters. The predicted octanol–water partition coefficient (Wildman–Crippen LogP) is 8.69. The molecule has 6 aromatic carbocycles. The van der Waals surface area contributed by atoms with E-state index in [1.54, 1.807) is 24.3 Å². The summed E-state index contributed by atoms with van der Waals surface area (Å²) in [7, 11) is 2.70. The fourth-order valence-corrected chi connectivity index (χ4v) is 7.18. The summed E-state index contributed by atoms with van der Waals surface area (Å²) in [5.41, 5.74) is 8.50. The average Bonchev–Trinajstić information content (AvgIpc) is 3.24. The molecular formula is C48H42N2O6. The first-order valence-corrected chi connectivity index (χ1v) is 18.5. The minimum Gasteiger partial charge on any atom is -0.465 e. The monoisotopic (exact) mass is 742 g/mol. The van der Waals surface area contributed by atoms with E-state index in [0.29, 0.717) is 35.3 Å². The Labute approximate surface area is 326 Å². The number of Topliss-reactive ketones (excluding diaryl/α,β-unsaturated/α-hetero) is 2. The van der Waals surface area contributed by atoms with Crippen LogP contribution < -0.4 is 9.80 Å². The van der Waals surface area contributed by atoms with Crippen LogP contribution in [0.25, 0.3) is 0 Å². The summed E-state index contributed by atoms with van der Waals surface area (Å²) in [6.07, 6.45) is 0. The van der Waals surface area contributed by atoms with Crippen molar-refractivity contribution >= 4 is 34.9 Å². The maximum atomic E-state index is 13.7. The van der Waals surface area contributed by atoms with Gasteiger partial charge in [0, 0.05) is 37.6 Å². The fourth-order valence-electron chi connectivity index (χ4n) is 7.18. The van der Waals surface area contributed by atoms with Gasteiger partial charge in [-0.2, -0.15) is 0 Å². The molecule has 1 aliphatic rings. The number of carbonyl (C=O) groups is 4. The van der Waals surface area contributed by atoms with Crippen molar-refractivity contribution in [3.05, 3.63) is 202 Å². The Kier molecular flexibility index (Phi) is 11.5. The molecule has 0 unspecified atom stereocenters. The van der Waals surface area contributed by atoms with Crippen LogP contribution in [0.3, 0.4) is 0 Å². The molecule has 1 aliphatic carbocycles. The van der Waals surface area contributed by atoms with E-state index >= 15 is 0 Å². The molecule has 280 valence electrons. The number of benzene rings is 6. The van der Waals surface area contributed by atoms with Gasteiger partial charge >= 0.3 is 11.9 Å². The fraction of sp³-hybridized carbons (Fsp3) is 0.167. The first-order valence-electron chi connectivity index (χ1n) is 18.5. The number of hydrogen-bond acceptors (Lipinski definition) is 8. The number of nitrogens with zero attached hydrogens (tertiary/aromatic N) is 2. The van der Waals surface area contributed by atoms with Crippen LogP contribution in [0, 0.1) is 0 Å². The van der Waals surface area contributed by atoms with Crippen molar-refractivity contribution in [1.29, 1.82) is 0 Å². The van der Waals surface area contributed by atoms with E-state index in [0.717, 1.165) is 35.6 Å². The van der Waals surface area contributed by atoms with Crippen molar-refractivity contribution in [2.75, 3.05) is 24.0 Å². The van der Waals surface area contributed by atoms with Gasteiger partial charge in [0.1, 0.15) is 11.8 Å². The van der Waals surface area contributed by atoms with E-state index in [-0.39, 0.29) is 11.6 Å². The molecule has 8 heteroatoms. The second-order valence-corrected chi connectivity index (χ2v) is 13.9. The van der Waals surface area contributed by atoms with E-state index in [1.807, 2.05) is 109 Å². The van der Waals surface area contributed by atoms with Gasteiger partial charge in [-0.05, 0) is 81.9 Å². The van der Waals surface area contributed by atoms with Gasteiger partial charge in [0.25, 0.3) is 0 Å². The van der Waals surface area contributed by atoms with E-state index in [2.05, 4.69) is 34.1 Å². The quantitative estimate of drug-likeness (QED) is 0.0809. The third-order valence-electron chi connectivity index (χ3n) is 10.3. The Morgan fingerprint density at radius 1 is 0.429 bits per heavy atom. The van der Waals surface area contributed by atoms with Gasteiger partial charge < -0.3 is 19.3 Å². The molecule has 0 amide bonds. The number of esters is 2. The lowest BCUT2D eigenvalue weighted by Gasteiger charge is -2.33. The summed E-state index contributed by atoms with van der Waals surface area (Å²) in [5, 5.41) is 0. The van der Waals surface area contributed by atoms with E-state index in [1.165, 1.54) is 25.3 Å². The highest BCUT2D eigenvalue weighted by atomic mass is 16.5. The molecule has 6 aromatic rings. The number of ether oxygens (including phenoxy) is 2. The standard InChI is InChI=1S/C48H42N2O6/c1-55-47(53)39-17-13-35(14-18-39)31-50(32-36-15-19-40(20-16-36)48(54)56-2)42-27-23-38(24-28-42)44-45(51)43(46(44)52)37-21-25-41(26-22-37)49(29-33-9-5-3-6-10-33)30-34-11-7-4-8-12-34/h3-28,43-44H,29-32H2,1-2H3. The summed E-state index contributed by atoms with van der Waals surface area (Å²) in [6.45, 7) is 2.45. The molecule has 0 N–H and O–H groups in total. The predicted molar refractivity (Wildman–Crippen MR) is 217 cm³/mol. The largest absolute Gasteiger partial charge is 0.465 e. The lowest BCUT2D eigenvalue weighted by atomic mass is 9.66.